The first kappa shape index (κ1) is 11.6. The van der Waals surface area contributed by atoms with Gasteiger partial charge in [-0.15, -0.1) is 0 Å². The molecule has 72 valence electrons. The smallest absolute Gasteiger partial charge is 0.148 e. The molecule has 0 atom stereocenters. The molecule has 0 aromatic carbocycles. The van der Waals surface area contributed by atoms with E-state index in [4.69, 9.17) is 0 Å². The van der Waals surface area contributed by atoms with Crippen molar-refractivity contribution in [3.05, 3.63) is 24.5 Å². The summed E-state index contributed by atoms with van der Waals surface area (Å²) in [6, 6.07) is 3.69. The monoisotopic (exact) mass is 180 g/mol. The Morgan fingerprint density at radius 2 is 2.23 bits per heavy atom. The van der Waals surface area contributed by atoms with Crippen LogP contribution in [0.3, 0.4) is 0 Å². The lowest BCUT2D eigenvalue weighted by molar-refractivity contribution is -0.115. The minimum atomic E-state index is 0.119. The molecule has 0 spiro atoms. The summed E-state index contributed by atoms with van der Waals surface area (Å²) >= 11 is 0. The molecule has 0 radical (unpaired) electrons. The van der Waals surface area contributed by atoms with E-state index < -0.39 is 0 Å². The van der Waals surface area contributed by atoms with Gasteiger partial charge in [0.05, 0.1) is 12.2 Å². The molecular weight excluding hydrogens is 164 g/mol. The Kier molecular flexibility index (Phi) is 6.51. The molecule has 0 aliphatic heterocycles. The molecule has 13 heavy (non-hydrogen) atoms. The summed E-state index contributed by atoms with van der Waals surface area (Å²) in [6.45, 7) is 5.91. The fourth-order valence-corrected chi connectivity index (χ4v) is 0.694. The van der Waals surface area contributed by atoms with Crippen molar-refractivity contribution in [2.75, 3.05) is 11.9 Å². The van der Waals surface area contributed by atoms with Crippen molar-refractivity contribution in [1.82, 2.24) is 4.98 Å². The maximum Gasteiger partial charge on any atom is 0.148 e. The van der Waals surface area contributed by atoms with Gasteiger partial charge in [0.1, 0.15) is 5.78 Å². The summed E-state index contributed by atoms with van der Waals surface area (Å²) < 4.78 is 0. The first-order chi connectivity index (χ1) is 6.29. The van der Waals surface area contributed by atoms with Crippen molar-refractivity contribution in [3.8, 4) is 0 Å². The van der Waals surface area contributed by atoms with Crippen LogP contribution in [0, 0.1) is 0 Å². The molecule has 1 N–H and O–H groups in total. The van der Waals surface area contributed by atoms with E-state index in [1.807, 2.05) is 26.0 Å². The van der Waals surface area contributed by atoms with Crippen LogP contribution in [0.25, 0.3) is 0 Å². The molecule has 0 fully saturated rings. The highest BCUT2D eigenvalue weighted by Crippen LogP contribution is 2.00. The van der Waals surface area contributed by atoms with E-state index in [1.54, 1.807) is 19.3 Å². The van der Waals surface area contributed by atoms with E-state index in [0.29, 0.717) is 6.54 Å². The van der Waals surface area contributed by atoms with Crippen molar-refractivity contribution < 1.29 is 4.79 Å². The molecule has 0 saturated carbocycles. The Labute approximate surface area is 79.2 Å². The number of carbonyl (C=O) groups is 1. The van der Waals surface area contributed by atoms with Crippen LogP contribution in [0.2, 0.25) is 0 Å². The molecule has 0 aliphatic carbocycles. The summed E-state index contributed by atoms with van der Waals surface area (Å²) in [7, 11) is 0. The zero-order valence-electron chi connectivity index (χ0n) is 8.37. The molecule has 1 aromatic rings. The highest BCUT2D eigenvalue weighted by atomic mass is 16.1. The van der Waals surface area contributed by atoms with E-state index in [-0.39, 0.29) is 5.78 Å². The molecular formula is C10H16N2O. The van der Waals surface area contributed by atoms with Gasteiger partial charge in [0.2, 0.25) is 0 Å². The molecule has 3 heteroatoms. The summed E-state index contributed by atoms with van der Waals surface area (Å²) in [4.78, 5) is 14.4. The van der Waals surface area contributed by atoms with Crippen LogP contribution in [0.5, 0.6) is 0 Å². The van der Waals surface area contributed by atoms with Gasteiger partial charge in [-0.05, 0) is 19.1 Å². The molecule has 0 unspecified atom stereocenters. The lowest BCUT2D eigenvalue weighted by Crippen LogP contribution is -2.09. The molecule has 3 nitrogen and oxygen atoms in total. The van der Waals surface area contributed by atoms with Gasteiger partial charge in [0.15, 0.2) is 0 Å². The van der Waals surface area contributed by atoms with Gasteiger partial charge in [0.25, 0.3) is 0 Å². The van der Waals surface area contributed by atoms with E-state index in [0.717, 1.165) is 5.69 Å². The normalized spacial score (nSPS) is 8.23. The highest BCUT2D eigenvalue weighted by Gasteiger charge is 1.91. The Morgan fingerprint density at radius 3 is 2.69 bits per heavy atom. The fraction of sp³-hybridized carbons (Fsp3) is 0.400. The second-order valence-electron chi connectivity index (χ2n) is 2.30. The van der Waals surface area contributed by atoms with E-state index in [1.165, 1.54) is 0 Å². The van der Waals surface area contributed by atoms with Crippen molar-refractivity contribution in [3.63, 3.8) is 0 Å². The molecule has 1 rings (SSSR count). The number of ketones is 1. The average molecular weight is 180 g/mol. The third-order valence-electron chi connectivity index (χ3n) is 1.20. The fourth-order valence-electron chi connectivity index (χ4n) is 0.694. The third kappa shape index (κ3) is 5.84. The van der Waals surface area contributed by atoms with Crippen LogP contribution >= 0.6 is 0 Å². The van der Waals surface area contributed by atoms with Crippen molar-refractivity contribution in [1.29, 1.82) is 0 Å². The lowest BCUT2D eigenvalue weighted by Gasteiger charge is -2.00. The average Bonchev–Trinajstić information content (AvgIpc) is 2.19. The second-order valence-corrected chi connectivity index (χ2v) is 2.30. The molecule has 1 aromatic heterocycles. The zero-order chi connectivity index (χ0) is 10.1. The minimum Gasteiger partial charge on any atom is -0.377 e. The first-order valence-corrected chi connectivity index (χ1v) is 4.42. The van der Waals surface area contributed by atoms with Crippen LogP contribution in [0.4, 0.5) is 5.69 Å². The summed E-state index contributed by atoms with van der Waals surface area (Å²) in [5.74, 6) is 0.119. The number of carbonyl (C=O) groups excluding carboxylic acids is 1. The molecule has 0 amide bonds. The molecule has 0 saturated heterocycles. The number of pyridine rings is 1. The van der Waals surface area contributed by atoms with Crippen LogP contribution in [0.15, 0.2) is 24.5 Å². The van der Waals surface area contributed by atoms with Crippen LogP contribution in [-0.4, -0.2) is 17.3 Å². The summed E-state index contributed by atoms with van der Waals surface area (Å²) in [5, 5.41) is 2.93. The third-order valence-corrected chi connectivity index (χ3v) is 1.20. The number of nitrogens with one attached hydrogen (secondary N) is 1. The summed E-state index contributed by atoms with van der Waals surface area (Å²) in [6.07, 6.45) is 3.38. The van der Waals surface area contributed by atoms with Crippen LogP contribution in [-0.2, 0) is 4.79 Å². The Morgan fingerprint density at radius 1 is 1.54 bits per heavy atom. The van der Waals surface area contributed by atoms with E-state index in [2.05, 4.69) is 10.3 Å². The van der Waals surface area contributed by atoms with Crippen molar-refractivity contribution in [2.45, 2.75) is 20.8 Å². The number of hydrogen-bond acceptors (Lipinski definition) is 3. The minimum absolute atomic E-state index is 0.119. The van der Waals surface area contributed by atoms with E-state index in [9.17, 15) is 4.79 Å². The first-order valence-electron chi connectivity index (χ1n) is 4.42. The quantitative estimate of drug-likeness (QED) is 0.774. The number of rotatable bonds is 3. The molecule has 0 bridgehead atoms. The summed E-state index contributed by atoms with van der Waals surface area (Å²) in [5.41, 5.74) is 0.878. The van der Waals surface area contributed by atoms with Gasteiger partial charge < -0.3 is 5.32 Å². The molecule has 0 aliphatic rings. The Hall–Kier alpha value is -1.38. The maximum atomic E-state index is 10.5. The van der Waals surface area contributed by atoms with Gasteiger partial charge in [0, 0.05) is 12.4 Å². The predicted molar refractivity (Wildman–Crippen MR) is 54.8 cm³/mol. The Balaban J connectivity index is 0.000000671. The SMILES string of the molecule is CC.CC(=O)CNc1cccnc1. The van der Waals surface area contributed by atoms with Gasteiger partial charge >= 0.3 is 0 Å². The maximum absolute atomic E-state index is 10.5. The van der Waals surface area contributed by atoms with Gasteiger partial charge in [-0.3, -0.25) is 9.78 Å². The number of nitrogens with zero attached hydrogens (tertiary/aromatic N) is 1. The highest BCUT2D eigenvalue weighted by molar-refractivity contribution is 5.80. The zero-order valence-corrected chi connectivity index (χ0v) is 8.37. The number of anilines is 1. The Bertz CT molecular complexity index is 234. The van der Waals surface area contributed by atoms with Crippen molar-refractivity contribution >= 4 is 11.5 Å². The van der Waals surface area contributed by atoms with Crippen LogP contribution in [0.1, 0.15) is 20.8 Å². The standard InChI is InChI=1S/C8H10N2O.C2H6/c1-7(11)5-10-8-3-2-4-9-6-8;1-2/h2-4,6,10H,5H2,1H3;1-2H3. The number of Topliss-reactive ketones (excluding diaryl/α,β-unsaturated/α-hetero) is 1. The number of hydrogen-bond donors (Lipinski definition) is 1. The topological polar surface area (TPSA) is 42.0 Å². The predicted octanol–water partition coefficient (Wildman–Crippen LogP) is 2.11. The number of aromatic nitrogens is 1. The lowest BCUT2D eigenvalue weighted by atomic mass is 10.4. The van der Waals surface area contributed by atoms with Crippen LogP contribution < -0.4 is 5.32 Å². The van der Waals surface area contributed by atoms with Gasteiger partial charge in [-0.25, -0.2) is 0 Å². The van der Waals surface area contributed by atoms with Crippen molar-refractivity contribution in [2.24, 2.45) is 0 Å². The van der Waals surface area contributed by atoms with Gasteiger partial charge in [-0.1, -0.05) is 13.8 Å². The van der Waals surface area contributed by atoms with E-state index >= 15 is 0 Å². The largest absolute Gasteiger partial charge is 0.377 e. The second kappa shape index (κ2) is 7.28. The molecule has 1 heterocycles. The van der Waals surface area contributed by atoms with Gasteiger partial charge in [-0.2, -0.15) is 0 Å².